The summed E-state index contributed by atoms with van der Waals surface area (Å²) < 4.78 is 61.7. The SMILES string of the molecule is CCCCNc1ccc(S(N)(=O)=O)cc1NS(=O)(=O)c1cc(C(=O)OC)ccc1C(=O)OC. The molecule has 0 aliphatic carbocycles. The van der Waals surface area contributed by atoms with Gasteiger partial charge in [-0.1, -0.05) is 13.3 Å². The first-order valence-corrected chi connectivity index (χ1v) is 12.7. The standard InChI is InChI=1S/C20H25N3O8S2/c1-4-5-10-22-16-9-7-14(32(21,26)27)12-17(16)23-33(28,29)18-11-13(19(24)30-2)6-8-15(18)20(25)31-3/h6-9,11-12,22-23H,4-5,10H2,1-3H3,(H2,21,26,27). The van der Waals surface area contributed by atoms with E-state index in [4.69, 9.17) is 5.14 Å². The minimum atomic E-state index is -4.51. The van der Waals surface area contributed by atoms with Crippen LogP contribution in [0.25, 0.3) is 0 Å². The third-order valence-electron chi connectivity index (χ3n) is 4.51. The maximum absolute atomic E-state index is 13.3. The molecule has 11 nitrogen and oxygen atoms in total. The lowest BCUT2D eigenvalue weighted by molar-refractivity contribution is 0.0583. The Morgan fingerprint density at radius 2 is 1.61 bits per heavy atom. The summed E-state index contributed by atoms with van der Waals surface area (Å²) >= 11 is 0. The zero-order valence-corrected chi connectivity index (χ0v) is 19.9. The molecule has 0 saturated carbocycles. The zero-order valence-electron chi connectivity index (χ0n) is 18.2. The van der Waals surface area contributed by atoms with Crippen LogP contribution in [0.4, 0.5) is 11.4 Å². The van der Waals surface area contributed by atoms with Crippen LogP contribution in [-0.4, -0.2) is 49.5 Å². The molecule has 33 heavy (non-hydrogen) atoms. The second kappa shape index (κ2) is 10.6. The molecule has 0 spiro atoms. The van der Waals surface area contributed by atoms with Gasteiger partial charge in [0.1, 0.15) is 4.90 Å². The molecule has 180 valence electrons. The van der Waals surface area contributed by atoms with Crippen LogP contribution in [0.2, 0.25) is 0 Å². The predicted octanol–water partition coefficient (Wildman–Crippen LogP) is 1.92. The molecule has 2 aromatic rings. The lowest BCUT2D eigenvalue weighted by atomic mass is 10.1. The third kappa shape index (κ3) is 6.43. The van der Waals surface area contributed by atoms with Gasteiger partial charge >= 0.3 is 11.9 Å². The molecule has 0 aliphatic heterocycles. The zero-order chi connectivity index (χ0) is 24.8. The van der Waals surface area contributed by atoms with Crippen molar-refractivity contribution in [1.29, 1.82) is 0 Å². The number of nitrogens with two attached hydrogens (primary N) is 1. The van der Waals surface area contributed by atoms with E-state index in [0.29, 0.717) is 12.2 Å². The van der Waals surface area contributed by atoms with Gasteiger partial charge in [0.25, 0.3) is 10.0 Å². The second-order valence-electron chi connectivity index (χ2n) is 6.83. The van der Waals surface area contributed by atoms with Crippen molar-refractivity contribution in [3.63, 3.8) is 0 Å². The molecule has 0 aliphatic rings. The van der Waals surface area contributed by atoms with Gasteiger partial charge in [0.15, 0.2) is 0 Å². The van der Waals surface area contributed by atoms with Gasteiger partial charge < -0.3 is 14.8 Å². The lowest BCUT2D eigenvalue weighted by Crippen LogP contribution is -2.20. The minimum absolute atomic E-state index is 0.114. The van der Waals surface area contributed by atoms with E-state index in [2.05, 4.69) is 19.5 Å². The molecule has 0 saturated heterocycles. The Balaban J connectivity index is 2.63. The van der Waals surface area contributed by atoms with Gasteiger partial charge in [-0.25, -0.2) is 31.6 Å². The highest BCUT2D eigenvalue weighted by atomic mass is 32.2. The van der Waals surface area contributed by atoms with Gasteiger partial charge in [-0.2, -0.15) is 0 Å². The smallest absolute Gasteiger partial charge is 0.339 e. The number of primary sulfonamides is 1. The van der Waals surface area contributed by atoms with Crippen LogP contribution in [0.5, 0.6) is 0 Å². The molecule has 0 atom stereocenters. The number of carbonyl (C=O) groups excluding carboxylic acids is 2. The highest BCUT2D eigenvalue weighted by Gasteiger charge is 2.26. The summed E-state index contributed by atoms with van der Waals surface area (Å²) in [5, 5.41) is 8.21. The summed E-state index contributed by atoms with van der Waals surface area (Å²) in [6, 6.07) is 6.97. The number of unbranched alkanes of at least 4 members (excludes halogenated alkanes) is 1. The molecule has 2 rings (SSSR count). The van der Waals surface area contributed by atoms with Gasteiger partial charge in [-0.05, 0) is 42.8 Å². The molecule has 4 N–H and O–H groups in total. The molecule has 0 aromatic heterocycles. The van der Waals surface area contributed by atoms with E-state index in [9.17, 15) is 26.4 Å². The minimum Gasteiger partial charge on any atom is -0.465 e. The molecular formula is C20H25N3O8S2. The van der Waals surface area contributed by atoms with Gasteiger partial charge in [0, 0.05) is 6.54 Å². The van der Waals surface area contributed by atoms with E-state index in [0.717, 1.165) is 45.3 Å². The average Bonchev–Trinajstić information content (AvgIpc) is 2.77. The van der Waals surface area contributed by atoms with Crippen LogP contribution < -0.4 is 15.2 Å². The number of hydrogen-bond acceptors (Lipinski definition) is 9. The number of ether oxygens (including phenoxy) is 2. The quantitative estimate of drug-likeness (QED) is 0.326. The number of methoxy groups -OCH3 is 2. The number of benzene rings is 2. The van der Waals surface area contributed by atoms with Crippen molar-refractivity contribution >= 4 is 43.4 Å². The maximum atomic E-state index is 13.3. The Kier molecular flexibility index (Phi) is 8.41. The van der Waals surface area contributed by atoms with Crippen LogP contribution in [0.1, 0.15) is 40.5 Å². The molecule has 13 heteroatoms. The van der Waals surface area contributed by atoms with Crippen LogP contribution in [0.3, 0.4) is 0 Å². The summed E-state index contributed by atoms with van der Waals surface area (Å²) in [4.78, 5) is 23.2. The summed E-state index contributed by atoms with van der Waals surface area (Å²) in [5.74, 6) is -1.77. The van der Waals surface area contributed by atoms with Crippen molar-refractivity contribution < 1.29 is 35.9 Å². The van der Waals surface area contributed by atoms with Crippen LogP contribution in [0, 0.1) is 0 Å². The summed E-state index contributed by atoms with van der Waals surface area (Å²) in [5.41, 5.74) is -0.272. The maximum Gasteiger partial charge on any atom is 0.339 e. The topological polar surface area (TPSA) is 171 Å². The van der Waals surface area contributed by atoms with Crippen molar-refractivity contribution in [2.75, 3.05) is 30.8 Å². The summed E-state index contributed by atoms with van der Waals surface area (Å²) in [6.07, 6.45) is 1.64. The first kappa shape index (κ1) is 26.1. The summed E-state index contributed by atoms with van der Waals surface area (Å²) in [7, 11) is -6.45. The van der Waals surface area contributed by atoms with Crippen molar-refractivity contribution in [3.05, 3.63) is 47.5 Å². The fraction of sp³-hybridized carbons (Fsp3) is 0.300. The van der Waals surface area contributed by atoms with Crippen LogP contribution in [0.15, 0.2) is 46.2 Å². The van der Waals surface area contributed by atoms with Gasteiger partial charge in [0.2, 0.25) is 10.0 Å². The number of rotatable bonds is 10. The first-order valence-electron chi connectivity index (χ1n) is 9.68. The number of sulfonamides is 2. The van der Waals surface area contributed by atoms with E-state index in [1.54, 1.807) is 0 Å². The Labute approximate surface area is 192 Å². The Morgan fingerprint density at radius 3 is 2.18 bits per heavy atom. The number of carbonyl (C=O) groups is 2. The fourth-order valence-electron chi connectivity index (χ4n) is 2.81. The number of nitrogens with one attached hydrogen (secondary N) is 2. The summed E-state index contributed by atoms with van der Waals surface area (Å²) in [6.45, 7) is 2.46. The molecule has 0 amide bonds. The molecule has 0 heterocycles. The van der Waals surface area contributed by atoms with Crippen LogP contribution >= 0.6 is 0 Å². The second-order valence-corrected chi connectivity index (χ2v) is 10.0. The molecule has 0 fully saturated rings. The van der Waals surface area contributed by atoms with Crippen molar-refractivity contribution in [3.8, 4) is 0 Å². The van der Waals surface area contributed by atoms with E-state index in [1.807, 2.05) is 6.92 Å². The van der Waals surface area contributed by atoms with E-state index in [1.165, 1.54) is 18.2 Å². The average molecular weight is 500 g/mol. The Morgan fingerprint density at radius 1 is 0.939 bits per heavy atom. The molecule has 2 aromatic carbocycles. The van der Waals surface area contributed by atoms with Gasteiger partial charge in [-0.15, -0.1) is 0 Å². The van der Waals surface area contributed by atoms with Crippen molar-refractivity contribution in [2.45, 2.75) is 29.6 Å². The third-order valence-corrected chi connectivity index (χ3v) is 6.82. The molecular weight excluding hydrogens is 474 g/mol. The van der Waals surface area contributed by atoms with E-state index >= 15 is 0 Å². The highest BCUT2D eigenvalue weighted by molar-refractivity contribution is 7.92. The molecule has 0 unspecified atom stereocenters. The fourth-order valence-corrected chi connectivity index (χ4v) is 4.64. The van der Waals surface area contributed by atoms with Crippen molar-refractivity contribution in [2.24, 2.45) is 5.14 Å². The highest BCUT2D eigenvalue weighted by Crippen LogP contribution is 2.29. The van der Waals surface area contributed by atoms with Gasteiger partial charge in [0.05, 0.1) is 41.6 Å². The largest absolute Gasteiger partial charge is 0.465 e. The molecule has 0 radical (unpaired) electrons. The molecule has 0 bridgehead atoms. The predicted molar refractivity (Wildman–Crippen MR) is 121 cm³/mol. The number of esters is 2. The van der Waals surface area contributed by atoms with E-state index in [-0.39, 0.29) is 21.7 Å². The Bertz CT molecular complexity index is 1260. The number of hydrogen-bond donors (Lipinski definition) is 3. The van der Waals surface area contributed by atoms with Crippen LogP contribution in [-0.2, 0) is 29.5 Å². The normalized spacial score (nSPS) is 11.5. The number of anilines is 2. The first-order chi connectivity index (χ1) is 15.4. The lowest BCUT2D eigenvalue weighted by Gasteiger charge is -2.17. The van der Waals surface area contributed by atoms with E-state index < -0.39 is 36.9 Å². The Hall–Kier alpha value is -3.16. The van der Waals surface area contributed by atoms with Gasteiger partial charge in [-0.3, -0.25) is 4.72 Å². The monoisotopic (exact) mass is 499 g/mol. The van der Waals surface area contributed by atoms with Crippen molar-refractivity contribution in [1.82, 2.24) is 0 Å².